The molecule has 0 fully saturated rings. The van der Waals surface area contributed by atoms with Crippen molar-refractivity contribution in [1.29, 1.82) is 5.26 Å². The third kappa shape index (κ3) is 1.50. The average molecular weight is 241 g/mol. The van der Waals surface area contributed by atoms with Crippen LogP contribution in [-0.4, -0.2) is 9.97 Å². The number of ether oxygens (including phenoxy) is 1. The second-order valence-corrected chi connectivity index (χ2v) is 3.93. The van der Waals surface area contributed by atoms with Gasteiger partial charge in [-0.05, 0) is 18.2 Å². The van der Waals surface area contributed by atoms with Crippen molar-refractivity contribution in [3.05, 3.63) is 55.7 Å². The minimum atomic E-state index is -0.601. The van der Waals surface area contributed by atoms with Gasteiger partial charge in [0, 0.05) is 12.0 Å². The van der Waals surface area contributed by atoms with E-state index >= 15 is 0 Å². The summed E-state index contributed by atoms with van der Waals surface area (Å²) in [6.07, 6.45) is 0.326. The number of hydrogen-bond donors (Lipinski definition) is 2. The molecule has 1 aromatic carbocycles. The summed E-state index contributed by atoms with van der Waals surface area (Å²) in [7, 11) is 0. The molecule has 0 aliphatic carbocycles. The molecule has 3 rings (SSSR count). The molecule has 0 atom stereocenters. The molecule has 0 bridgehead atoms. The Bertz CT molecular complexity index is 795. The Hall–Kier alpha value is -2.81. The maximum Gasteiger partial charge on any atom is 0.328 e. The summed E-state index contributed by atoms with van der Waals surface area (Å²) in [6, 6.07) is 6.96. The summed E-state index contributed by atoms with van der Waals surface area (Å²) >= 11 is 0. The topological polar surface area (TPSA) is 98.7 Å². The Labute approximate surface area is 100 Å². The highest BCUT2D eigenvalue weighted by molar-refractivity contribution is 5.49. The lowest BCUT2D eigenvalue weighted by molar-refractivity contribution is 0.435. The molecule has 0 saturated heterocycles. The van der Waals surface area contributed by atoms with Crippen molar-refractivity contribution in [1.82, 2.24) is 9.97 Å². The minimum Gasteiger partial charge on any atom is -0.440 e. The Balaban J connectivity index is 2.18. The summed E-state index contributed by atoms with van der Waals surface area (Å²) in [5, 5.41) is 8.82. The normalized spacial score (nSPS) is 11.9. The highest BCUT2D eigenvalue weighted by atomic mass is 16.5. The first-order valence-corrected chi connectivity index (χ1v) is 5.24. The van der Waals surface area contributed by atoms with Crippen molar-refractivity contribution < 1.29 is 4.74 Å². The summed E-state index contributed by atoms with van der Waals surface area (Å²) in [5.74, 6) is 0.712. The van der Waals surface area contributed by atoms with Crippen LogP contribution in [0.3, 0.4) is 0 Å². The Kier molecular flexibility index (Phi) is 2.07. The Morgan fingerprint density at radius 3 is 2.89 bits per heavy atom. The van der Waals surface area contributed by atoms with Gasteiger partial charge in [0.2, 0.25) is 5.88 Å². The Morgan fingerprint density at radius 1 is 1.28 bits per heavy atom. The van der Waals surface area contributed by atoms with Gasteiger partial charge in [-0.25, -0.2) is 4.79 Å². The molecule has 1 aromatic heterocycles. The first kappa shape index (κ1) is 10.4. The van der Waals surface area contributed by atoms with E-state index in [0.717, 1.165) is 5.56 Å². The number of aromatic nitrogens is 2. The van der Waals surface area contributed by atoms with Crippen molar-refractivity contribution in [2.75, 3.05) is 0 Å². The molecule has 0 saturated carbocycles. The number of nitrogens with zero attached hydrogens (tertiary/aromatic N) is 1. The molecule has 2 N–H and O–H groups in total. The van der Waals surface area contributed by atoms with E-state index in [1.165, 1.54) is 0 Å². The van der Waals surface area contributed by atoms with Gasteiger partial charge in [0.15, 0.2) is 0 Å². The van der Waals surface area contributed by atoms with Gasteiger partial charge in [0.05, 0.1) is 17.2 Å². The van der Waals surface area contributed by atoms with Crippen molar-refractivity contribution in [3.8, 4) is 17.7 Å². The third-order valence-corrected chi connectivity index (χ3v) is 2.77. The molecule has 88 valence electrons. The number of benzene rings is 1. The lowest BCUT2D eigenvalue weighted by atomic mass is 10.0. The summed E-state index contributed by atoms with van der Waals surface area (Å²) in [5.41, 5.74) is 0.538. The fourth-order valence-corrected chi connectivity index (χ4v) is 1.93. The van der Waals surface area contributed by atoms with Gasteiger partial charge in [-0.15, -0.1) is 0 Å². The summed E-state index contributed by atoms with van der Waals surface area (Å²) < 4.78 is 5.45. The van der Waals surface area contributed by atoms with E-state index in [1.54, 1.807) is 18.2 Å². The molecule has 18 heavy (non-hydrogen) atoms. The zero-order valence-electron chi connectivity index (χ0n) is 9.11. The van der Waals surface area contributed by atoms with Gasteiger partial charge in [0.1, 0.15) is 5.75 Å². The molecular formula is C12H7N3O3. The summed E-state index contributed by atoms with van der Waals surface area (Å²) in [6.45, 7) is 0. The van der Waals surface area contributed by atoms with Gasteiger partial charge in [0.25, 0.3) is 5.56 Å². The Morgan fingerprint density at radius 2 is 2.11 bits per heavy atom. The highest BCUT2D eigenvalue weighted by Gasteiger charge is 2.21. The van der Waals surface area contributed by atoms with Crippen LogP contribution in [0.1, 0.15) is 16.7 Å². The van der Waals surface area contributed by atoms with Crippen LogP contribution in [0.15, 0.2) is 27.8 Å². The maximum atomic E-state index is 11.6. The molecule has 2 aromatic rings. The second kappa shape index (κ2) is 3.60. The van der Waals surface area contributed by atoms with Crippen LogP contribution in [0.4, 0.5) is 0 Å². The van der Waals surface area contributed by atoms with Crippen molar-refractivity contribution in [2.24, 2.45) is 0 Å². The largest absolute Gasteiger partial charge is 0.440 e. The lowest BCUT2D eigenvalue weighted by Gasteiger charge is -2.18. The quantitative estimate of drug-likeness (QED) is 0.603. The van der Waals surface area contributed by atoms with Crippen LogP contribution < -0.4 is 16.0 Å². The van der Waals surface area contributed by atoms with Crippen LogP contribution >= 0.6 is 0 Å². The van der Waals surface area contributed by atoms with Crippen LogP contribution in [0.5, 0.6) is 11.6 Å². The van der Waals surface area contributed by atoms with E-state index in [-0.39, 0.29) is 5.88 Å². The molecule has 0 radical (unpaired) electrons. The fraction of sp³-hybridized carbons (Fsp3) is 0.0833. The molecule has 1 aliphatic heterocycles. The van der Waals surface area contributed by atoms with E-state index < -0.39 is 11.2 Å². The van der Waals surface area contributed by atoms with Crippen LogP contribution in [0, 0.1) is 11.3 Å². The molecule has 2 heterocycles. The van der Waals surface area contributed by atoms with Gasteiger partial charge in [-0.1, -0.05) is 0 Å². The van der Waals surface area contributed by atoms with E-state index in [0.29, 0.717) is 23.3 Å². The predicted octanol–water partition coefficient (Wildman–Crippen LogP) is 0.631. The predicted molar refractivity (Wildman–Crippen MR) is 61.7 cm³/mol. The molecule has 0 spiro atoms. The number of H-pyrrole nitrogens is 2. The van der Waals surface area contributed by atoms with E-state index in [1.807, 2.05) is 6.07 Å². The standard InChI is InChI=1S/C12H7N3O3/c13-5-6-1-2-9-7(3-6)4-8-10(16)14-12(17)15-11(8)18-9/h1-3H,4H2,(H2,14,15,16,17). The fourth-order valence-electron chi connectivity index (χ4n) is 1.93. The minimum absolute atomic E-state index is 0.168. The molecule has 6 nitrogen and oxygen atoms in total. The molecule has 0 amide bonds. The van der Waals surface area contributed by atoms with Gasteiger partial charge in [-0.3, -0.25) is 14.8 Å². The second-order valence-electron chi connectivity index (χ2n) is 3.93. The van der Waals surface area contributed by atoms with Crippen LogP contribution in [-0.2, 0) is 6.42 Å². The van der Waals surface area contributed by atoms with E-state index in [2.05, 4.69) is 9.97 Å². The molecule has 0 unspecified atom stereocenters. The molecular weight excluding hydrogens is 234 g/mol. The maximum absolute atomic E-state index is 11.6. The van der Waals surface area contributed by atoms with Crippen LogP contribution in [0.2, 0.25) is 0 Å². The average Bonchev–Trinajstić information content (AvgIpc) is 2.36. The third-order valence-electron chi connectivity index (χ3n) is 2.77. The highest BCUT2D eigenvalue weighted by Crippen LogP contribution is 2.32. The number of rotatable bonds is 0. The van der Waals surface area contributed by atoms with E-state index in [4.69, 9.17) is 10.00 Å². The number of fused-ring (bicyclic) bond motifs is 2. The van der Waals surface area contributed by atoms with Gasteiger partial charge >= 0.3 is 5.69 Å². The van der Waals surface area contributed by atoms with Crippen molar-refractivity contribution in [2.45, 2.75) is 6.42 Å². The first-order chi connectivity index (χ1) is 8.67. The number of nitriles is 1. The lowest BCUT2D eigenvalue weighted by Crippen LogP contribution is -2.27. The zero-order valence-corrected chi connectivity index (χ0v) is 9.11. The number of hydrogen-bond acceptors (Lipinski definition) is 4. The zero-order chi connectivity index (χ0) is 12.7. The summed E-state index contributed by atoms with van der Waals surface area (Å²) in [4.78, 5) is 27.4. The first-order valence-electron chi connectivity index (χ1n) is 5.24. The van der Waals surface area contributed by atoms with Gasteiger partial charge < -0.3 is 4.74 Å². The molecule has 6 heteroatoms. The van der Waals surface area contributed by atoms with Crippen LogP contribution in [0.25, 0.3) is 0 Å². The molecule has 1 aliphatic rings. The van der Waals surface area contributed by atoms with Gasteiger partial charge in [-0.2, -0.15) is 5.26 Å². The SMILES string of the molecule is N#Cc1ccc2c(c1)Cc1c([nH]c(=O)[nH]c1=O)O2. The van der Waals surface area contributed by atoms with Crippen molar-refractivity contribution >= 4 is 0 Å². The smallest absolute Gasteiger partial charge is 0.328 e. The van der Waals surface area contributed by atoms with Crippen molar-refractivity contribution in [3.63, 3.8) is 0 Å². The van der Waals surface area contributed by atoms with E-state index in [9.17, 15) is 9.59 Å². The monoisotopic (exact) mass is 241 g/mol. The number of aromatic amines is 2. The number of nitrogens with one attached hydrogen (secondary N) is 2.